The zero-order valence-electron chi connectivity index (χ0n) is 14.5. The van der Waals surface area contributed by atoms with Crippen molar-refractivity contribution in [1.82, 2.24) is 14.8 Å². The van der Waals surface area contributed by atoms with E-state index in [1.807, 2.05) is 48.9 Å². The summed E-state index contributed by atoms with van der Waals surface area (Å²) in [7, 11) is 1.55. The molecule has 128 valence electrons. The van der Waals surface area contributed by atoms with E-state index in [1.54, 1.807) is 25.4 Å². The maximum Gasteiger partial charge on any atom is 0.228 e. The molecule has 0 atom stereocenters. The minimum absolute atomic E-state index is 0.106. The lowest BCUT2D eigenvalue weighted by molar-refractivity contribution is -0.115. The van der Waals surface area contributed by atoms with Crippen LogP contribution in [0.15, 0.2) is 48.7 Å². The minimum Gasteiger partial charge on any atom is -0.481 e. The van der Waals surface area contributed by atoms with Crippen LogP contribution in [-0.2, 0) is 11.2 Å². The average molecular weight is 336 g/mol. The fraction of sp³-hybridized carbons (Fsp3) is 0.211. The van der Waals surface area contributed by atoms with Crippen LogP contribution in [0.25, 0.3) is 5.69 Å². The molecule has 0 fully saturated rings. The van der Waals surface area contributed by atoms with E-state index in [1.165, 1.54) is 0 Å². The molecule has 1 aromatic carbocycles. The number of para-hydroxylation sites is 1. The van der Waals surface area contributed by atoms with Crippen LogP contribution < -0.4 is 10.1 Å². The van der Waals surface area contributed by atoms with Gasteiger partial charge in [0.05, 0.1) is 36.8 Å². The SMILES string of the molecule is COc1ccc(NC(=O)Cc2c(C)nn(-c3ccccc3)c2C)cn1. The van der Waals surface area contributed by atoms with Gasteiger partial charge in [0.25, 0.3) is 0 Å². The number of nitrogens with zero attached hydrogens (tertiary/aromatic N) is 3. The van der Waals surface area contributed by atoms with Gasteiger partial charge in [-0.15, -0.1) is 0 Å². The number of amides is 1. The topological polar surface area (TPSA) is 69.0 Å². The molecule has 2 aromatic heterocycles. The van der Waals surface area contributed by atoms with Crippen LogP contribution in [0.4, 0.5) is 5.69 Å². The van der Waals surface area contributed by atoms with Crippen molar-refractivity contribution in [3.8, 4) is 11.6 Å². The van der Waals surface area contributed by atoms with Crippen molar-refractivity contribution in [3.05, 3.63) is 65.6 Å². The highest BCUT2D eigenvalue weighted by molar-refractivity contribution is 5.92. The first-order valence-electron chi connectivity index (χ1n) is 7.99. The number of hydrogen-bond donors (Lipinski definition) is 1. The highest BCUT2D eigenvalue weighted by Crippen LogP contribution is 2.19. The number of methoxy groups -OCH3 is 1. The van der Waals surface area contributed by atoms with Crippen molar-refractivity contribution in [2.45, 2.75) is 20.3 Å². The van der Waals surface area contributed by atoms with Crippen molar-refractivity contribution in [3.63, 3.8) is 0 Å². The van der Waals surface area contributed by atoms with E-state index in [0.29, 0.717) is 11.6 Å². The molecule has 0 spiro atoms. The zero-order chi connectivity index (χ0) is 17.8. The molecule has 25 heavy (non-hydrogen) atoms. The maximum absolute atomic E-state index is 12.4. The van der Waals surface area contributed by atoms with E-state index in [2.05, 4.69) is 15.4 Å². The van der Waals surface area contributed by atoms with E-state index in [-0.39, 0.29) is 12.3 Å². The maximum atomic E-state index is 12.4. The van der Waals surface area contributed by atoms with Gasteiger partial charge in [-0.05, 0) is 32.0 Å². The molecule has 3 aromatic rings. The number of ether oxygens (including phenoxy) is 1. The van der Waals surface area contributed by atoms with Crippen LogP contribution in [0.5, 0.6) is 5.88 Å². The van der Waals surface area contributed by atoms with Gasteiger partial charge in [-0.2, -0.15) is 5.10 Å². The summed E-state index contributed by atoms with van der Waals surface area (Å²) < 4.78 is 6.88. The van der Waals surface area contributed by atoms with Gasteiger partial charge < -0.3 is 10.1 Å². The van der Waals surface area contributed by atoms with Crippen molar-refractivity contribution in [1.29, 1.82) is 0 Å². The lowest BCUT2D eigenvalue weighted by Gasteiger charge is -2.07. The molecule has 0 saturated carbocycles. The molecule has 0 aliphatic heterocycles. The van der Waals surface area contributed by atoms with Crippen LogP contribution in [0.3, 0.4) is 0 Å². The number of anilines is 1. The monoisotopic (exact) mass is 336 g/mol. The molecule has 6 nitrogen and oxygen atoms in total. The third kappa shape index (κ3) is 3.68. The Morgan fingerprint density at radius 2 is 1.92 bits per heavy atom. The number of pyridine rings is 1. The van der Waals surface area contributed by atoms with Crippen LogP contribution in [-0.4, -0.2) is 27.8 Å². The number of benzene rings is 1. The lowest BCUT2D eigenvalue weighted by Crippen LogP contribution is -2.15. The number of nitrogens with one attached hydrogen (secondary N) is 1. The molecule has 0 aliphatic carbocycles. The highest BCUT2D eigenvalue weighted by Gasteiger charge is 2.16. The molecule has 0 unspecified atom stereocenters. The van der Waals surface area contributed by atoms with Crippen LogP contribution in [0.2, 0.25) is 0 Å². The second-order valence-electron chi connectivity index (χ2n) is 5.71. The fourth-order valence-electron chi connectivity index (χ4n) is 2.69. The third-order valence-corrected chi connectivity index (χ3v) is 4.01. The van der Waals surface area contributed by atoms with Crippen molar-refractivity contribution >= 4 is 11.6 Å². The van der Waals surface area contributed by atoms with Gasteiger partial charge in [0.2, 0.25) is 11.8 Å². The Hall–Kier alpha value is -3.15. The number of carbonyl (C=O) groups excluding carboxylic acids is 1. The molecule has 1 N–H and O–H groups in total. The fourth-order valence-corrected chi connectivity index (χ4v) is 2.69. The third-order valence-electron chi connectivity index (χ3n) is 4.01. The molecule has 3 rings (SSSR count). The molecule has 2 heterocycles. The molecular weight excluding hydrogens is 316 g/mol. The van der Waals surface area contributed by atoms with E-state index >= 15 is 0 Å². The number of rotatable bonds is 5. The predicted octanol–water partition coefficient (Wildman–Crippen LogP) is 3.07. The van der Waals surface area contributed by atoms with Crippen LogP contribution in [0, 0.1) is 13.8 Å². The Balaban J connectivity index is 1.76. The van der Waals surface area contributed by atoms with Gasteiger partial charge in [-0.3, -0.25) is 4.79 Å². The Labute approximate surface area is 146 Å². The number of aromatic nitrogens is 3. The summed E-state index contributed by atoms with van der Waals surface area (Å²) in [6.07, 6.45) is 1.83. The van der Waals surface area contributed by atoms with Crippen molar-refractivity contribution < 1.29 is 9.53 Å². The molecule has 1 amide bonds. The Morgan fingerprint density at radius 3 is 2.56 bits per heavy atom. The zero-order valence-corrected chi connectivity index (χ0v) is 14.5. The second kappa shape index (κ2) is 7.17. The molecule has 0 bridgehead atoms. The van der Waals surface area contributed by atoms with Crippen LogP contribution in [0.1, 0.15) is 17.0 Å². The first-order chi connectivity index (χ1) is 12.1. The molecular formula is C19H20N4O2. The molecule has 0 saturated heterocycles. The summed E-state index contributed by atoms with van der Waals surface area (Å²) in [5, 5.41) is 7.42. The molecule has 6 heteroatoms. The quantitative estimate of drug-likeness (QED) is 0.777. The second-order valence-corrected chi connectivity index (χ2v) is 5.71. The minimum atomic E-state index is -0.106. The van der Waals surface area contributed by atoms with Gasteiger partial charge in [-0.1, -0.05) is 18.2 Å². The summed E-state index contributed by atoms with van der Waals surface area (Å²) in [6, 6.07) is 13.4. The van der Waals surface area contributed by atoms with E-state index < -0.39 is 0 Å². The lowest BCUT2D eigenvalue weighted by atomic mass is 10.1. The van der Waals surface area contributed by atoms with Gasteiger partial charge in [-0.25, -0.2) is 9.67 Å². The predicted molar refractivity (Wildman–Crippen MR) is 96.2 cm³/mol. The molecule has 0 aliphatic rings. The number of carbonyl (C=O) groups is 1. The Morgan fingerprint density at radius 1 is 1.16 bits per heavy atom. The normalized spacial score (nSPS) is 10.5. The van der Waals surface area contributed by atoms with E-state index in [9.17, 15) is 4.79 Å². The largest absolute Gasteiger partial charge is 0.481 e. The standard InChI is InChI=1S/C19H20N4O2/c1-13-17(14(2)23(22-13)16-7-5-4-6-8-16)11-18(24)21-15-9-10-19(25-3)20-12-15/h4-10,12H,11H2,1-3H3,(H,21,24). The van der Waals surface area contributed by atoms with Gasteiger partial charge in [0.15, 0.2) is 0 Å². The number of aryl methyl sites for hydroxylation is 1. The van der Waals surface area contributed by atoms with Crippen LogP contribution >= 0.6 is 0 Å². The highest BCUT2D eigenvalue weighted by atomic mass is 16.5. The number of hydrogen-bond acceptors (Lipinski definition) is 4. The Bertz CT molecular complexity index is 870. The Kier molecular flexibility index (Phi) is 4.79. The van der Waals surface area contributed by atoms with E-state index in [4.69, 9.17) is 4.74 Å². The molecule has 0 radical (unpaired) electrons. The smallest absolute Gasteiger partial charge is 0.228 e. The van der Waals surface area contributed by atoms with Gasteiger partial charge >= 0.3 is 0 Å². The van der Waals surface area contributed by atoms with Gasteiger partial charge in [0.1, 0.15) is 0 Å². The summed E-state index contributed by atoms with van der Waals surface area (Å²) in [4.78, 5) is 16.5. The summed E-state index contributed by atoms with van der Waals surface area (Å²) in [5.74, 6) is 0.402. The first-order valence-corrected chi connectivity index (χ1v) is 7.99. The summed E-state index contributed by atoms with van der Waals surface area (Å²) in [5.41, 5.74) is 4.37. The van der Waals surface area contributed by atoms with E-state index in [0.717, 1.165) is 22.6 Å². The summed E-state index contributed by atoms with van der Waals surface area (Å²) in [6.45, 7) is 3.90. The van der Waals surface area contributed by atoms with Crippen molar-refractivity contribution in [2.75, 3.05) is 12.4 Å². The first kappa shape index (κ1) is 16.7. The van der Waals surface area contributed by atoms with Gasteiger partial charge in [0, 0.05) is 17.3 Å². The summed E-state index contributed by atoms with van der Waals surface area (Å²) >= 11 is 0. The van der Waals surface area contributed by atoms with Crippen molar-refractivity contribution in [2.24, 2.45) is 0 Å². The average Bonchev–Trinajstić information content (AvgIpc) is 2.91.